The van der Waals surface area contributed by atoms with Crippen molar-refractivity contribution in [1.82, 2.24) is 15.1 Å². The summed E-state index contributed by atoms with van der Waals surface area (Å²) < 4.78 is 1.82. The first-order valence-corrected chi connectivity index (χ1v) is 5.41. The third-order valence-electron chi connectivity index (χ3n) is 2.47. The van der Waals surface area contributed by atoms with Crippen LogP contribution in [0.25, 0.3) is 0 Å². The number of aromatic nitrogens is 2. The molecule has 84 valence electrons. The number of nitrogens with one attached hydrogen (secondary N) is 1. The van der Waals surface area contributed by atoms with Gasteiger partial charge in [-0.25, -0.2) is 0 Å². The minimum absolute atomic E-state index is 0.0880. The van der Waals surface area contributed by atoms with Crippen LogP contribution in [0.4, 0.5) is 0 Å². The molecule has 0 spiro atoms. The second kappa shape index (κ2) is 5.53. The molecule has 1 aromatic heterocycles. The molecule has 0 saturated carbocycles. The number of hydrogen-bond donors (Lipinski definition) is 1. The van der Waals surface area contributed by atoms with Crippen LogP contribution in [-0.4, -0.2) is 21.7 Å². The Morgan fingerprint density at radius 3 is 2.80 bits per heavy atom. The minimum atomic E-state index is 0.0880. The third-order valence-corrected chi connectivity index (χ3v) is 2.47. The van der Waals surface area contributed by atoms with Crippen molar-refractivity contribution >= 4 is 5.91 Å². The standard InChI is InChI=1S/C11H19N3O/c1-4-9(2)11(15)13-10(3)8-14-7-5-6-12-14/h5-7,9-10H,4,8H2,1-3H3,(H,13,15)/t9-,10+/m1/s1. The Labute approximate surface area is 90.7 Å². The molecule has 1 heterocycles. The number of amides is 1. The van der Waals surface area contributed by atoms with Crippen LogP contribution in [0.3, 0.4) is 0 Å². The molecule has 0 aliphatic rings. The normalized spacial score (nSPS) is 14.6. The molecule has 0 aromatic carbocycles. The number of rotatable bonds is 5. The molecule has 0 radical (unpaired) electrons. The average Bonchev–Trinajstić information content (AvgIpc) is 2.68. The smallest absolute Gasteiger partial charge is 0.223 e. The van der Waals surface area contributed by atoms with E-state index in [1.165, 1.54) is 0 Å². The summed E-state index contributed by atoms with van der Waals surface area (Å²) in [5.74, 6) is 0.210. The lowest BCUT2D eigenvalue weighted by atomic mass is 10.1. The van der Waals surface area contributed by atoms with Gasteiger partial charge in [-0.05, 0) is 19.4 Å². The van der Waals surface area contributed by atoms with Crippen molar-refractivity contribution in [3.63, 3.8) is 0 Å². The molecule has 15 heavy (non-hydrogen) atoms. The Morgan fingerprint density at radius 1 is 1.53 bits per heavy atom. The van der Waals surface area contributed by atoms with E-state index in [1.807, 2.05) is 37.7 Å². The Morgan fingerprint density at radius 2 is 2.27 bits per heavy atom. The zero-order chi connectivity index (χ0) is 11.3. The number of hydrogen-bond acceptors (Lipinski definition) is 2. The van der Waals surface area contributed by atoms with E-state index in [-0.39, 0.29) is 17.9 Å². The molecular weight excluding hydrogens is 190 g/mol. The number of carbonyl (C=O) groups is 1. The van der Waals surface area contributed by atoms with Gasteiger partial charge < -0.3 is 5.32 Å². The van der Waals surface area contributed by atoms with Crippen molar-refractivity contribution in [3.8, 4) is 0 Å². The van der Waals surface area contributed by atoms with Gasteiger partial charge in [-0.2, -0.15) is 5.10 Å². The Hall–Kier alpha value is -1.32. The van der Waals surface area contributed by atoms with Crippen LogP contribution in [-0.2, 0) is 11.3 Å². The lowest BCUT2D eigenvalue weighted by Crippen LogP contribution is -2.38. The summed E-state index contributed by atoms with van der Waals surface area (Å²) in [6.45, 7) is 6.66. The van der Waals surface area contributed by atoms with Crippen LogP contribution >= 0.6 is 0 Å². The zero-order valence-corrected chi connectivity index (χ0v) is 9.60. The van der Waals surface area contributed by atoms with E-state index in [9.17, 15) is 4.79 Å². The molecular formula is C11H19N3O. The SMILES string of the molecule is CC[C@@H](C)C(=O)N[C@@H](C)Cn1cccn1. The largest absolute Gasteiger partial charge is 0.352 e. The first-order chi connectivity index (χ1) is 7.13. The van der Waals surface area contributed by atoms with Crippen molar-refractivity contribution in [3.05, 3.63) is 18.5 Å². The molecule has 2 atom stereocenters. The van der Waals surface area contributed by atoms with Crippen LogP contribution in [0, 0.1) is 5.92 Å². The molecule has 0 fully saturated rings. The lowest BCUT2D eigenvalue weighted by Gasteiger charge is -2.16. The lowest BCUT2D eigenvalue weighted by molar-refractivity contribution is -0.125. The molecule has 4 heteroatoms. The minimum Gasteiger partial charge on any atom is -0.352 e. The molecule has 1 N–H and O–H groups in total. The summed E-state index contributed by atoms with van der Waals surface area (Å²) in [6, 6.07) is 2.00. The van der Waals surface area contributed by atoms with Gasteiger partial charge >= 0.3 is 0 Å². The number of carbonyl (C=O) groups excluding carboxylic acids is 1. The van der Waals surface area contributed by atoms with Crippen LogP contribution < -0.4 is 5.32 Å². The van der Waals surface area contributed by atoms with Crippen molar-refractivity contribution in [2.45, 2.75) is 39.8 Å². The molecule has 4 nitrogen and oxygen atoms in total. The van der Waals surface area contributed by atoms with Crippen molar-refractivity contribution in [1.29, 1.82) is 0 Å². The number of nitrogens with zero attached hydrogens (tertiary/aromatic N) is 2. The van der Waals surface area contributed by atoms with Gasteiger partial charge in [0.2, 0.25) is 5.91 Å². The van der Waals surface area contributed by atoms with Crippen LogP contribution in [0.2, 0.25) is 0 Å². The highest BCUT2D eigenvalue weighted by Crippen LogP contribution is 2.01. The molecule has 0 unspecified atom stereocenters. The fourth-order valence-electron chi connectivity index (χ4n) is 1.31. The first kappa shape index (κ1) is 11.8. The topological polar surface area (TPSA) is 46.9 Å². The molecule has 0 saturated heterocycles. The summed E-state index contributed by atoms with van der Waals surface area (Å²) in [7, 11) is 0. The summed E-state index contributed by atoms with van der Waals surface area (Å²) >= 11 is 0. The van der Waals surface area contributed by atoms with Gasteiger partial charge in [0.15, 0.2) is 0 Å². The fourth-order valence-corrected chi connectivity index (χ4v) is 1.31. The molecule has 0 aliphatic heterocycles. The summed E-state index contributed by atoms with van der Waals surface area (Å²) in [5, 5.41) is 7.06. The molecule has 1 aromatic rings. The predicted molar refractivity (Wildman–Crippen MR) is 59.3 cm³/mol. The Bertz CT molecular complexity index is 295. The van der Waals surface area contributed by atoms with Gasteiger partial charge in [-0.15, -0.1) is 0 Å². The van der Waals surface area contributed by atoms with Crippen molar-refractivity contribution in [2.75, 3.05) is 0 Å². The summed E-state index contributed by atoms with van der Waals surface area (Å²) in [6.07, 6.45) is 4.51. The maximum atomic E-state index is 11.6. The van der Waals surface area contributed by atoms with Crippen molar-refractivity contribution < 1.29 is 4.79 Å². The van der Waals surface area contributed by atoms with E-state index in [2.05, 4.69) is 10.4 Å². The van der Waals surface area contributed by atoms with E-state index in [4.69, 9.17) is 0 Å². The Kier molecular flexibility index (Phi) is 4.34. The van der Waals surface area contributed by atoms with Gasteiger partial charge in [0.05, 0.1) is 6.54 Å². The summed E-state index contributed by atoms with van der Waals surface area (Å²) in [4.78, 5) is 11.6. The monoisotopic (exact) mass is 209 g/mol. The third kappa shape index (κ3) is 3.73. The van der Waals surface area contributed by atoms with Crippen LogP contribution in [0.15, 0.2) is 18.5 Å². The molecule has 0 bridgehead atoms. The second-order valence-corrected chi connectivity index (χ2v) is 3.95. The maximum absolute atomic E-state index is 11.6. The van der Waals surface area contributed by atoms with Gasteiger partial charge in [-0.1, -0.05) is 13.8 Å². The van der Waals surface area contributed by atoms with Gasteiger partial charge in [0, 0.05) is 24.4 Å². The molecule has 1 amide bonds. The summed E-state index contributed by atoms with van der Waals surface area (Å²) in [5.41, 5.74) is 0. The van der Waals surface area contributed by atoms with Crippen LogP contribution in [0.5, 0.6) is 0 Å². The Balaban J connectivity index is 2.36. The quantitative estimate of drug-likeness (QED) is 0.797. The van der Waals surface area contributed by atoms with E-state index in [0.717, 1.165) is 13.0 Å². The highest BCUT2D eigenvalue weighted by atomic mass is 16.1. The van der Waals surface area contributed by atoms with E-state index in [0.29, 0.717) is 0 Å². The highest BCUT2D eigenvalue weighted by molar-refractivity contribution is 5.78. The van der Waals surface area contributed by atoms with E-state index >= 15 is 0 Å². The maximum Gasteiger partial charge on any atom is 0.223 e. The first-order valence-electron chi connectivity index (χ1n) is 5.41. The molecule has 0 aliphatic carbocycles. The van der Waals surface area contributed by atoms with E-state index in [1.54, 1.807) is 6.20 Å². The van der Waals surface area contributed by atoms with Gasteiger partial charge in [-0.3, -0.25) is 9.48 Å². The predicted octanol–water partition coefficient (Wildman–Crippen LogP) is 1.43. The molecule has 1 rings (SSSR count). The van der Waals surface area contributed by atoms with Gasteiger partial charge in [0.1, 0.15) is 0 Å². The zero-order valence-electron chi connectivity index (χ0n) is 9.60. The second-order valence-electron chi connectivity index (χ2n) is 3.95. The van der Waals surface area contributed by atoms with Crippen molar-refractivity contribution in [2.24, 2.45) is 5.92 Å². The highest BCUT2D eigenvalue weighted by Gasteiger charge is 2.13. The fraction of sp³-hybridized carbons (Fsp3) is 0.636. The van der Waals surface area contributed by atoms with E-state index < -0.39 is 0 Å². The van der Waals surface area contributed by atoms with Gasteiger partial charge in [0.25, 0.3) is 0 Å². The van der Waals surface area contributed by atoms with Crippen LogP contribution in [0.1, 0.15) is 27.2 Å². The average molecular weight is 209 g/mol.